The minimum Gasteiger partial charge on any atom is -0.357 e. The maximum Gasteiger partial charge on any atom is 0.191 e. The molecular formula is C15H22FN3S. The van der Waals surface area contributed by atoms with Crippen molar-refractivity contribution in [1.82, 2.24) is 10.6 Å². The van der Waals surface area contributed by atoms with Crippen LogP contribution in [0.25, 0.3) is 0 Å². The molecule has 0 aliphatic heterocycles. The van der Waals surface area contributed by atoms with Crippen molar-refractivity contribution in [3.05, 3.63) is 29.6 Å². The largest absolute Gasteiger partial charge is 0.357 e. The molecule has 1 aliphatic rings. The van der Waals surface area contributed by atoms with Crippen molar-refractivity contribution >= 4 is 17.7 Å². The summed E-state index contributed by atoms with van der Waals surface area (Å²) in [5, 5.41) is 6.66. The number of hydrogen-bond acceptors (Lipinski definition) is 2. The average molecular weight is 295 g/mol. The lowest BCUT2D eigenvalue weighted by Gasteiger charge is -2.28. The molecule has 1 aromatic carbocycles. The SMILES string of the molecule is CCNC(=NCc1cc(F)ccc1SC)NC1CCC1. The summed E-state index contributed by atoms with van der Waals surface area (Å²) in [6.45, 7) is 3.38. The third-order valence-electron chi connectivity index (χ3n) is 3.44. The molecule has 1 saturated carbocycles. The highest BCUT2D eigenvalue weighted by Crippen LogP contribution is 2.22. The van der Waals surface area contributed by atoms with Gasteiger partial charge in [0.1, 0.15) is 5.82 Å². The van der Waals surface area contributed by atoms with E-state index in [1.807, 2.05) is 19.2 Å². The van der Waals surface area contributed by atoms with E-state index < -0.39 is 0 Å². The number of halogens is 1. The van der Waals surface area contributed by atoms with Crippen LogP contribution >= 0.6 is 11.8 Å². The molecular weight excluding hydrogens is 273 g/mol. The lowest BCUT2D eigenvalue weighted by atomic mass is 9.93. The number of benzene rings is 1. The lowest BCUT2D eigenvalue weighted by molar-refractivity contribution is 0.380. The number of nitrogens with one attached hydrogen (secondary N) is 2. The quantitative estimate of drug-likeness (QED) is 0.498. The first kappa shape index (κ1) is 15.2. The molecule has 1 fully saturated rings. The number of nitrogens with zero attached hydrogens (tertiary/aromatic N) is 1. The Morgan fingerprint density at radius 1 is 1.45 bits per heavy atom. The minimum atomic E-state index is -0.204. The highest BCUT2D eigenvalue weighted by Gasteiger charge is 2.18. The van der Waals surface area contributed by atoms with Crippen molar-refractivity contribution in [1.29, 1.82) is 0 Å². The zero-order chi connectivity index (χ0) is 14.4. The van der Waals surface area contributed by atoms with E-state index in [1.165, 1.54) is 25.3 Å². The first-order valence-electron chi connectivity index (χ1n) is 7.10. The predicted molar refractivity (Wildman–Crippen MR) is 83.8 cm³/mol. The van der Waals surface area contributed by atoms with Gasteiger partial charge in [0.05, 0.1) is 6.54 Å². The topological polar surface area (TPSA) is 36.4 Å². The average Bonchev–Trinajstić information content (AvgIpc) is 2.40. The standard InChI is InChI=1S/C15H22FN3S/c1-3-17-15(19-13-5-4-6-13)18-10-11-9-12(16)7-8-14(11)20-2/h7-9,13H,3-6,10H2,1-2H3,(H2,17,18,19). The van der Waals surface area contributed by atoms with E-state index in [0.717, 1.165) is 23.0 Å². The molecule has 2 N–H and O–H groups in total. The molecule has 0 spiro atoms. The second-order valence-electron chi connectivity index (χ2n) is 4.92. The fourth-order valence-electron chi connectivity index (χ4n) is 2.10. The number of aliphatic imine (C=N–C) groups is 1. The van der Waals surface area contributed by atoms with Crippen LogP contribution in [0.2, 0.25) is 0 Å². The zero-order valence-corrected chi connectivity index (χ0v) is 12.9. The van der Waals surface area contributed by atoms with E-state index in [2.05, 4.69) is 15.6 Å². The summed E-state index contributed by atoms with van der Waals surface area (Å²) in [4.78, 5) is 5.65. The van der Waals surface area contributed by atoms with Crippen LogP contribution in [0, 0.1) is 5.82 Å². The van der Waals surface area contributed by atoms with Gasteiger partial charge in [-0.05, 0) is 56.2 Å². The normalized spacial score (nSPS) is 15.8. The van der Waals surface area contributed by atoms with Gasteiger partial charge in [-0.3, -0.25) is 0 Å². The molecule has 1 aliphatic carbocycles. The molecule has 0 heterocycles. The maximum absolute atomic E-state index is 13.3. The molecule has 0 saturated heterocycles. The minimum absolute atomic E-state index is 0.204. The Kier molecular flexibility index (Phi) is 5.71. The number of guanidine groups is 1. The summed E-state index contributed by atoms with van der Waals surface area (Å²) < 4.78 is 13.3. The van der Waals surface area contributed by atoms with E-state index in [0.29, 0.717) is 12.6 Å². The van der Waals surface area contributed by atoms with Gasteiger partial charge in [0.15, 0.2) is 5.96 Å². The molecule has 0 aromatic heterocycles. The van der Waals surface area contributed by atoms with Crippen LogP contribution in [0.4, 0.5) is 4.39 Å². The molecule has 0 radical (unpaired) electrons. The van der Waals surface area contributed by atoms with Gasteiger partial charge in [-0.15, -0.1) is 11.8 Å². The zero-order valence-electron chi connectivity index (χ0n) is 12.1. The number of rotatable bonds is 5. The highest BCUT2D eigenvalue weighted by atomic mass is 32.2. The maximum atomic E-state index is 13.3. The molecule has 0 atom stereocenters. The van der Waals surface area contributed by atoms with Crippen LogP contribution in [0.5, 0.6) is 0 Å². The smallest absolute Gasteiger partial charge is 0.191 e. The highest BCUT2D eigenvalue weighted by molar-refractivity contribution is 7.98. The molecule has 2 rings (SSSR count). The van der Waals surface area contributed by atoms with E-state index >= 15 is 0 Å². The van der Waals surface area contributed by atoms with Crippen LogP contribution in [0.3, 0.4) is 0 Å². The van der Waals surface area contributed by atoms with E-state index in [-0.39, 0.29) is 5.82 Å². The van der Waals surface area contributed by atoms with Crippen LogP contribution in [0.15, 0.2) is 28.1 Å². The van der Waals surface area contributed by atoms with E-state index in [1.54, 1.807) is 17.8 Å². The summed E-state index contributed by atoms with van der Waals surface area (Å²) in [5.41, 5.74) is 0.934. The molecule has 1 aromatic rings. The monoisotopic (exact) mass is 295 g/mol. The summed E-state index contributed by atoms with van der Waals surface area (Å²) >= 11 is 1.62. The second-order valence-corrected chi connectivity index (χ2v) is 5.77. The Morgan fingerprint density at radius 3 is 2.85 bits per heavy atom. The van der Waals surface area contributed by atoms with Crippen LogP contribution in [-0.2, 0) is 6.54 Å². The van der Waals surface area contributed by atoms with Gasteiger partial charge < -0.3 is 10.6 Å². The fourth-order valence-corrected chi connectivity index (χ4v) is 2.69. The molecule has 0 unspecified atom stereocenters. The summed E-state index contributed by atoms with van der Waals surface area (Å²) in [5.74, 6) is 0.624. The Morgan fingerprint density at radius 2 is 2.25 bits per heavy atom. The molecule has 110 valence electrons. The first-order chi connectivity index (χ1) is 9.72. The number of thioether (sulfide) groups is 1. The Labute approximate surface area is 124 Å². The first-order valence-corrected chi connectivity index (χ1v) is 8.32. The van der Waals surface area contributed by atoms with E-state index in [9.17, 15) is 4.39 Å². The molecule has 0 amide bonds. The molecule has 0 bridgehead atoms. The van der Waals surface area contributed by atoms with Crippen molar-refractivity contribution in [3.63, 3.8) is 0 Å². The molecule has 5 heteroatoms. The van der Waals surface area contributed by atoms with Crippen LogP contribution in [0.1, 0.15) is 31.7 Å². The molecule has 3 nitrogen and oxygen atoms in total. The summed E-state index contributed by atoms with van der Waals surface area (Å²) in [6.07, 6.45) is 5.71. The van der Waals surface area contributed by atoms with Gasteiger partial charge in [0.25, 0.3) is 0 Å². The molecule has 20 heavy (non-hydrogen) atoms. The fraction of sp³-hybridized carbons (Fsp3) is 0.533. The second kappa shape index (κ2) is 7.53. The summed E-state index contributed by atoms with van der Waals surface area (Å²) in [7, 11) is 0. The van der Waals surface area contributed by atoms with Gasteiger partial charge >= 0.3 is 0 Å². The Hall–Kier alpha value is -1.23. The van der Waals surface area contributed by atoms with Crippen molar-refractivity contribution in [3.8, 4) is 0 Å². The summed E-state index contributed by atoms with van der Waals surface area (Å²) in [6, 6.07) is 5.43. The van der Waals surface area contributed by atoms with Gasteiger partial charge in [-0.1, -0.05) is 0 Å². The van der Waals surface area contributed by atoms with E-state index in [4.69, 9.17) is 0 Å². The van der Waals surface area contributed by atoms with Crippen molar-refractivity contribution in [2.45, 2.75) is 43.7 Å². The Bertz CT molecular complexity index is 472. The van der Waals surface area contributed by atoms with Crippen LogP contribution in [-0.4, -0.2) is 24.8 Å². The van der Waals surface area contributed by atoms with Gasteiger partial charge in [-0.2, -0.15) is 0 Å². The lowest BCUT2D eigenvalue weighted by Crippen LogP contribution is -2.46. The third kappa shape index (κ3) is 4.13. The Balaban J connectivity index is 2.05. The van der Waals surface area contributed by atoms with Crippen molar-refractivity contribution < 1.29 is 4.39 Å². The van der Waals surface area contributed by atoms with Gasteiger partial charge in [-0.25, -0.2) is 9.38 Å². The number of hydrogen-bond donors (Lipinski definition) is 2. The third-order valence-corrected chi connectivity index (χ3v) is 4.28. The van der Waals surface area contributed by atoms with Crippen LogP contribution < -0.4 is 10.6 Å². The van der Waals surface area contributed by atoms with Gasteiger partial charge in [0.2, 0.25) is 0 Å². The van der Waals surface area contributed by atoms with Crippen molar-refractivity contribution in [2.75, 3.05) is 12.8 Å². The van der Waals surface area contributed by atoms with Gasteiger partial charge in [0, 0.05) is 17.5 Å². The van der Waals surface area contributed by atoms with Crippen molar-refractivity contribution in [2.24, 2.45) is 4.99 Å². The predicted octanol–water partition coefficient (Wildman–Crippen LogP) is 3.16.